The Hall–Kier alpha value is -3.59. The molecule has 0 saturated heterocycles. The van der Waals surface area contributed by atoms with Gasteiger partial charge in [0.2, 0.25) is 18.2 Å². The number of benzene rings is 1. The van der Waals surface area contributed by atoms with Crippen LogP contribution in [0.1, 0.15) is 39.7 Å². The lowest BCUT2D eigenvalue weighted by molar-refractivity contribution is -0.130. The van der Waals surface area contributed by atoms with E-state index in [2.05, 4.69) is 21.3 Å². The predicted octanol–water partition coefficient (Wildman–Crippen LogP) is 1.28. The van der Waals surface area contributed by atoms with Crippen LogP contribution in [0, 0.1) is 5.92 Å². The molecule has 6 amide bonds. The first-order chi connectivity index (χ1) is 17.5. The van der Waals surface area contributed by atoms with Crippen molar-refractivity contribution >= 4 is 50.6 Å². The average molecular weight is 536 g/mol. The second-order valence-corrected chi connectivity index (χ2v) is 8.78. The molecule has 1 aromatic carbocycles. The highest BCUT2D eigenvalue weighted by atomic mass is 31.0. The fourth-order valence-corrected chi connectivity index (χ4v) is 2.90. The van der Waals surface area contributed by atoms with Gasteiger partial charge in [0.15, 0.2) is 5.52 Å². The summed E-state index contributed by atoms with van der Waals surface area (Å²) in [5, 5.41) is 10.2. The number of urea groups is 1. The highest BCUT2D eigenvalue weighted by molar-refractivity contribution is 7.40. The zero-order valence-corrected chi connectivity index (χ0v) is 23.2. The molecule has 0 aromatic heterocycles. The smallest absolute Gasteiger partial charge is 0.314 e. The molecule has 0 saturated carbocycles. The van der Waals surface area contributed by atoms with E-state index in [1.807, 2.05) is 16.2 Å². The first-order valence-electron chi connectivity index (χ1n) is 11.8. The Bertz CT molecular complexity index is 949. The number of carbonyl (C=O) groups is 6. The number of carbonyl (C=O) groups excluding carboxylic acids is 6. The largest absolute Gasteiger partial charge is 0.347 e. The lowest BCUT2D eigenvalue weighted by atomic mass is 10.0. The van der Waals surface area contributed by atoms with E-state index in [1.54, 1.807) is 52.1 Å². The van der Waals surface area contributed by atoms with Crippen molar-refractivity contribution in [2.45, 2.75) is 46.6 Å². The van der Waals surface area contributed by atoms with Crippen molar-refractivity contribution in [3.63, 3.8) is 0 Å². The third-order valence-corrected chi connectivity index (χ3v) is 4.90. The summed E-state index contributed by atoms with van der Waals surface area (Å²) in [6, 6.07) is 5.52. The van der Waals surface area contributed by atoms with Crippen LogP contribution in [-0.2, 0) is 30.4 Å². The van der Waals surface area contributed by atoms with Crippen molar-refractivity contribution in [2.24, 2.45) is 5.92 Å². The molecule has 2 atom stereocenters. The van der Waals surface area contributed by atoms with Crippen molar-refractivity contribution < 1.29 is 28.8 Å². The fourth-order valence-electron chi connectivity index (χ4n) is 2.79. The van der Waals surface area contributed by atoms with Crippen LogP contribution in [0.3, 0.4) is 0 Å². The molecule has 1 rings (SSSR count). The number of hydrogen-bond acceptors (Lipinski definition) is 6. The van der Waals surface area contributed by atoms with Crippen molar-refractivity contribution in [1.82, 2.24) is 21.3 Å². The summed E-state index contributed by atoms with van der Waals surface area (Å²) in [4.78, 5) is 69.9. The monoisotopic (exact) mass is 535 g/mol. The van der Waals surface area contributed by atoms with Crippen LogP contribution < -0.4 is 26.2 Å². The minimum absolute atomic E-state index is 0.0171. The maximum Gasteiger partial charge on any atom is 0.314 e. The van der Waals surface area contributed by atoms with Crippen molar-refractivity contribution in [3.05, 3.63) is 42.0 Å². The third kappa shape index (κ3) is 13.9. The van der Waals surface area contributed by atoms with Gasteiger partial charge in [0.25, 0.3) is 5.91 Å². The summed E-state index contributed by atoms with van der Waals surface area (Å²) >= 11 is 0. The number of nitrogens with zero attached hydrogens (tertiary/aromatic N) is 1. The number of rotatable bonds is 12. The highest BCUT2D eigenvalue weighted by Gasteiger charge is 2.24. The van der Waals surface area contributed by atoms with Crippen LogP contribution in [0.5, 0.6) is 0 Å². The van der Waals surface area contributed by atoms with E-state index in [4.69, 9.17) is 0 Å². The van der Waals surface area contributed by atoms with Gasteiger partial charge < -0.3 is 21.3 Å². The number of imide groups is 1. The van der Waals surface area contributed by atoms with E-state index in [0.717, 1.165) is 17.9 Å². The summed E-state index contributed by atoms with van der Waals surface area (Å²) in [6.07, 6.45) is 4.23. The summed E-state index contributed by atoms with van der Waals surface area (Å²) in [6.45, 7) is 7.89. The molecule has 4 N–H and O–H groups in total. The van der Waals surface area contributed by atoms with Crippen LogP contribution in [-0.4, -0.2) is 61.9 Å². The van der Waals surface area contributed by atoms with Crippen molar-refractivity contribution in [2.75, 3.05) is 25.0 Å². The number of anilines is 1. The lowest BCUT2D eigenvalue weighted by Gasteiger charge is -2.21. The molecule has 204 valence electrons. The molecular formula is C25H38N5O6P. The van der Waals surface area contributed by atoms with E-state index < -0.39 is 17.9 Å². The molecule has 0 aliphatic rings. The number of nitrogens with one attached hydrogen (secondary N) is 4. The summed E-state index contributed by atoms with van der Waals surface area (Å²) in [7, 11) is 3.58. The van der Waals surface area contributed by atoms with Crippen LogP contribution in [0.2, 0.25) is 0 Å². The molecule has 37 heavy (non-hydrogen) atoms. The molecule has 0 aliphatic carbocycles. The van der Waals surface area contributed by atoms with Gasteiger partial charge in [-0.05, 0) is 43.0 Å². The van der Waals surface area contributed by atoms with E-state index in [1.165, 1.54) is 12.2 Å². The standard InChI is InChI=1S/C20H26N3O5P.C5H12N2O/c1-4-5-17(26)23(12-24)15-8-6-14(7-9-15)10-16(25)22-19(13(2)3)20(28)21-11-18(27)29;1-3-4-7-5(8)6-2/h4-9,12-13,19H,10-11,29H2,1-3H3,(H,21,28)(H,22,25);3-4H2,1-2H3,(H2,6,7,8)/b5-4-;. The molecular weight excluding hydrogens is 497 g/mol. The average Bonchev–Trinajstić information content (AvgIpc) is 2.86. The van der Waals surface area contributed by atoms with Gasteiger partial charge in [-0.3, -0.25) is 24.0 Å². The van der Waals surface area contributed by atoms with Gasteiger partial charge in [-0.15, -0.1) is 0 Å². The summed E-state index contributed by atoms with van der Waals surface area (Å²) < 4.78 is 0. The third-order valence-electron chi connectivity index (χ3n) is 4.70. The number of amides is 6. The van der Waals surface area contributed by atoms with Gasteiger partial charge in [0, 0.05) is 13.6 Å². The molecule has 0 spiro atoms. The minimum Gasteiger partial charge on any atom is -0.347 e. The molecule has 0 fully saturated rings. The lowest BCUT2D eigenvalue weighted by Crippen LogP contribution is -2.50. The summed E-state index contributed by atoms with van der Waals surface area (Å²) in [5.74, 6) is -1.42. The normalized spacial score (nSPS) is 11.0. The maximum absolute atomic E-state index is 12.3. The van der Waals surface area contributed by atoms with E-state index in [9.17, 15) is 28.8 Å². The Morgan fingerprint density at radius 2 is 1.68 bits per heavy atom. The Morgan fingerprint density at radius 3 is 2.14 bits per heavy atom. The first kappa shape index (κ1) is 33.4. The first-order valence-corrected chi connectivity index (χ1v) is 12.4. The molecule has 0 heterocycles. The molecule has 1 aromatic rings. The second-order valence-electron chi connectivity index (χ2n) is 8.14. The van der Waals surface area contributed by atoms with E-state index >= 15 is 0 Å². The predicted molar refractivity (Wildman–Crippen MR) is 146 cm³/mol. The maximum atomic E-state index is 12.3. The van der Waals surface area contributed by atoms with Gasteiger partial charge in [0.05, 0.1) is 18.7 Å². The van der Waals surface area contributed by atoms with Crippen molar-refractivity contribution in [3.8, 4) is 0 Å². The molecule has 0 aliphatic heterocycles. The highest BCUT2D eigenvalue weighted by Crippen LogP contribution is 2.15. The number of hydrogen-bond donors (Lipinski definition) is 4. The van der Waals surface area contributed by atoms with Crippen LogP contribution in [0.25, 0.3) is 0 Å². The number of allylic oxidation sites excluding steroid dienone is 1. The Labute approximate surface area is 220 Å². The van der Waals surface area contributed by atoms with Crippen LogP contribution in [0.4, 0.5) is 10.5 Å². The van der Waals surface area contributed by atoms with Crippen LogP contribution >= 0.6 is 9.24 Å². The van der Waals surface area contributed by atoms with Gasteiger partial charge in [-0.25, -0.2) is 9.69 Å². The Balaban J connectivity index is 0.00000139. The minimum atomic E-state index is -0.768. The Kier molecular flexibility index (Phi) is 16.8. The summed E-state index contributed by atoms with van der Waals surface area (Å²) in [5.41, 5.74) is 0.775. The molecule has 12 heteroatoms. The quantitative estimate of drug-likeness (QED) is 0.180. The molecule has 0 bridgehead atoms. The topological polar surface area (TPSA) is 154 Å². The molecule has 0 radical (unpaired) electrons. The zero-order chi connectivity index (χ0) is 28.4. The van der Waals surface area contributed by atoms with Gasteiger partial charge >= 0.3 is 6.03 Å². The molecule has 11 nitrogen and oxygen atoms in total. The van der Waals surface area contributed by atoms with Gasteiger partial charge in [0.1, 0.15) is 6.04 Å². The SMILES string of the molecule is C/C=C\C(=O)N(C=O)c1ccc(CC(=O)NC(C(=O)NCC(=O)P)C(C)C)cc1.CCCNC(=O)NC. The van der Waals surface area contributed by atoms with Gasteiger partial charge in [-0.2, -0.15) is 0 Å². The van der Waals surface area contributed by atoms with Gasteiger partial charge in [-0.1, -0.05) is 48.2 Å². The molecule has 2 unspecified atom stereocenters. The zero-order valence-electron chi connectivity index (χ0n) is 22.0. The van der Waals surface area contributed by atoms with E-state index in [0.29, 0.717) is 17.7 Å². The fraction of sp³-hybridized carbons (Fsp3) is 0.440. The second kappa shape index (κ2) is 18.6. The van der Waals surface area contributed by atoms with E-state index in [-0.39, 0.29) is 36.3 Å². The Morgan fingerprint density at radius 1 is 1.05 bits per heavy atom. The van der Waals surface area contributed by atoms with Crippen LogP contribution in [0.15, 0.2) is 36.4 Å². The van der Waals surface area contributed by atoms with Crippen molar-refractivity contribution in [1.29, 1.82) is 0 Å².